The quantitative estimate of drug-likeness (QED) is 0.277. The second-order valence-electron chi connectivity index (χ2n) is 8.42. The maximum atomic E-state index is 12.8. The first-order chi connectivity index (χ1) is 15.9. The molecule has 33 heavy (non-hydrogen) atoms. The van der Waals surface area contributed by atoms with E-state index in [4.69, 9.17) is 14.2 Å². The molecule has 0 spiro atoms. The number of carbonyl (C=O) groups is 2. The number of rotatable bonds is 2. The Morgan fingerprint density at radius 1 is 0.667 bits per heavy atom. The monoisotopic (exact) mass is 568 g/mol. The molecule has 6 rings (SSSR count). The molecular formula is C26H18Br2O5. The Hall–Kier alpha value is -2.64. The third kappa shape index (κ3) is 2.88. The lowest BCUT2D eigenvalue weighted by atomic mass is 9.72. The third-order valence-corrected chi connectivity index (χ3v) is 8.12. The number of ether oxygens (including phenoxy) is 3. The molecule has 3 aromatic carbocycles. The molecule has 1 heterocycles. The van der Waals surface area contributed by atoms with E-state index in [1.807, 2.05) is 12.1 Å². The molecule has 1 aliphatic heterocycles. The Balaban J connectivity index is 1.78. The van der Waals surface area contributed by atoms with E-state index in [2.05, 4.69) is 44.0 Å². The highest BCUT2D eigenvalue weighted by Crippen LogP contribution is 2.52. The van der Waals surface area contributed by atoms with Crippen LogP contribution in [0.25, 0.3) is 22.3 Å². The molecule has 0 unspecified atom stereocenters. The molecule has 2 aliphatic carbocycles. The lowest BCUT2D eigenvalue weighted by Crippen LogP contribution is -2.17. The molecule has 3 aliphatic rings. The summed E-state index contributed by atoms with van der Waals surface area (Å²) in [4.78, 5) is 25.6. The summed E-state index contributed by atoms with van der Waals surface area (Å²) in [6.45, 7) is 0. The first-order valence-corrected chi connectivity index (χ1v) is 12.2. The largest absolute Gasteiger partial charge is 0.496 e. The van der Waals surface area contributed by atoms with Gasteiger partial charge in [0.05, 0.1) is 34.3 Å². The summed E-state index contributed by atoms with van der Waals surface area (Å²) in [6, 6.07) is 8.23. The number of hydrogen-bond donors (Lipinski definition) is 0. The van der Waals surface area contributed by atoms with Crippen molar-refractivity contribution in [1.29, 1.82) is 0 Å². The fraction of sp³-hybridized carbons (Fsp3) is 0.231. The molecule has 0 fully saturated rings. The minimum absolute atomic E-state index is 0.439. The standard InChI is InChI=1S/C26H18Br2O5/c1-31-19-9-15-11(7-17(19)27)3-5-13-21(15)22-14(24-23(13)25(29)33-26(24)30)6-4-12-8-18(28)20(32-2)10-16(12)22/h7-10H,3-6H2,1-2H3. The molecular weight excluding hydrogens is 552 g/mol. The number of cyclic esters (lactones) is 2. The highest BCUT2D eigenvalue weighted by atomic mass is 79.9. The zero-order chi connectivity index (χ0) is 23.0. The summed E-state index contributed by atoms with van der Waals surface area (Å²) in [7, 11) is 3.28. The predicted molar refractivity (Wildman–Crippen MR) is 130 cm³/mol. The summed E-state index contributed by atoms with van der Waals surface area (Å²) >= 11 is 7.21. The van der Waals surface area contributed by atoms with Crippen molar-refractivity contribution in [2.45, 2.75) is 25.7 Å². The number of fused-ring (bicyclic) bond motifs is 10. The Morgan fingerprint density at radius 2 is 1.09 bits per heavy atom. The van der Waals surface area contributed by atoms with Gasteiger partial charge in [0.1, 0.15) is 11.5 Å². The van der Waals surface area contributed by atoms with E-state index in [-0.39, 0.29) is 0 Å². The van der Waals surface area contributed by atoms with Crippen molar-refractivity contribution in [3.63, 3.8) is 0 Å². The molecule has 5 nitrogen and oxygen atoms in total. The van der Waals surface area contributed by atoms with Crippen molar-refractivity contribution in [3.05, 3.63) is 66.6 Å². The molecule has 0 amide bonds. The van der Waals surface area contributed by atoms with E-state index in [0.29, 0.717) is 24.0 Å². The van der Waals surface area contributed by atoms with Crippen LogP contribution in [0.3, 0.4) is 0 Å². The van der Waals surface area contributed by atoms with Crippen molar-refractivity contribution in [2.75, 3.05) is 14.2 Å². The molecule has 0 aromatic heterocycles. The number of carbonyl (C=O) groups excluding carboxylic acids is 2. The summed E-state index contributed by atoms with van der Waals surface area (Å²) in [5, 5.41) is 0. The average Bonchev–Trinajstić information content (AvgIpc) is 3.11. The Morgan fingerprint density at radius 3 is 1.48 bits per heavy atom. The number of halogens is 2. The minimum Gasteiger partial charge on any atom is -0.496 e. The van der Waals surface area contributed by atoms with Gasteiger partial charge in [-0.05, 0) is 126 Å². The van der Waals surface area contributed by atoms with Crippen LogP contribution in [0.5, 0.6) is 11.5 Å². The van der Waals surface area contributed by atoms with Crippen molar-refractivity contribution in [2.24, 2.45) is 0 Å². The molecule has 0 N–H and O–H groups in total. The molecule has 7 heteroatoms. The van der Waals surface area contributed by atoms with Gasteiger partial charge in [-0.1, -0.05) is 0 Å². The fourth-order valence-corrected chi connectivity index (χ4v) is 6.59. The van der Waals surface area contributed by atoms with Crippen molar-refractivity contribution < 1.29 is 23.8 Å². The number of aryl methyl sites for hydroxylation is 2. The smallest absolute Gasteiger partial charge is 0.347 e. The van der Waals surface area contributed by atoms with Gasteiger partial charge in [-0.3, -0.25) is 0 Å². The summed E-state index contributed by atoms with van der Waals surface area (Å²) < 4.78 is 18.1. The zero-order valence-electron chi connectivity index (χ0n) is 17.9. The van der Waals surface area contributed by atoms with E-state index in [1.165, 1.54) is 11.1 Å². The fourth-order valence-electron chi connectivity index (χ4n) is 5.49. The zero-order valence-corrected chi connectivity index (χ0v) is 21.1. The Labute approximate surface area is 207 Å². The van der Waals surface area contributed by atoms with Crippen LogP contribution in [0.2, 0.25) is 0 Å². The topological polar surface area (TPSA) is 61.8 Å². The van der Waals surface area contributed by atoms with Gasteiger partial charge in [-0.15, -0.1) is 0 Å². The molecule has 3 aromatic rings. The second-order valence-corrected chi connectivity index (χ2v) is 10.1. The maximum absolute atomic E-state index is 12.8. The summed E-state index contributed by atoms with van der Waals surface area (Å²) in [5.74, 6) is 0.361. The summed E-state index contributed by atoms with van der Waals surface area (Å²) in [6.07, 6.45) is 2.83. The second kappa shape index (κ2) is 7.43. The Bertz CT molecular complexity index is 1320. The van der Waals surface area contributed by atoms with E-state index >= 15 is 0 Å². The van der Waals surface area contributed by atoms with Crippen molar-refractivity contribution in [1.82, 2.24) is 0 Å². The van der Waals surface area contributed by atoms with E-state index in [0.717, 1.165) is 66.7 Å². The van der Waals surface area contributed by atoms with Crippen LogP contribution in [-0.2, 0) is 30.4 Å². The van der Waals surface area contributed by atoms with Crippen LogP contribution < -0.4 is 9.47 Å². The lowest BCUT2D eigenvalue weighted by Gasteiger charge is -2.31. The van der Waals surface area contributed by atoms with Crippen molar-refractivity contribution >= 4 is 43.8 Å². The summed E-state index contributed by atoms with van der Waals surface area (Å²) in [5.41, 5.74) is 9.02. The molecule has 0 bridgehead atoms. The van der Waals surface area contributed by atoms with Gasteiger partial charge in [-0.2, -0.15) is 0 Å². The van der Waals surface area contributed by atoms with Gasteiger partial charge < -0.3 is 14.2 Å². The number of hydrogen-bond acceptors (Lipinski definition) is 5. The molecule has 166 valence electrons. The highest BCUT2D eigenvalue weighted by molar-refractivity contribution is 9.10. The number of esters is 2. The van der Waals surface area contributed by atoms with Crippen LogP contribution >= 0.6 is 31.9 Å². The Kier molecular flexibility index (Phi) is 4.72. The average molecular weight is 570 g/mol. The van der Waals surface area contributed by atoms with Crippen LogP contribution in [0.15, 0.2) is 33.2 Å². The van der Waals surface area contributed by atoms with Crippen LogP contribution in [0, 0.1) is 0 Å². The number of benzene rings is 3. The minimum atomic E-state index is -0.541. The van der Waals surface area contributed by atoms with Gasteiger partial charge in [0.15, 0.2) is 0 Å². The SMILES string of the molecule is COc1cc2c(cc1Br)CCc1c3c(c4c(c1-2)-c1cc(OC)c(Br)cc1CC4)C(=O)OC3=O. The van der Waals surface area contributed by atoms with Gasteiger partial charge in [-0.25, -0.2) is 9.59 Å². The predicted octanol–water partition coefficient (Wildman–Crippen LogP) is 6.07. The molecule has 0 atom stereocenters. The van der Waals surface area contributed by atoms with E-state index < -0.39 is 11.9 Å². The van der Waals surface area contributed by atoms with Gasteiger partial charge in [0.2, 0.25) is 0 Å². The lowest BCUT2D eigenvalue weighted by molar-refractivity contribution is 0.0443. The van der Waals surface area contributed by atoms with Crippen LogP contribution in [0.4, 0.5) is 0 Å². The molecule has 0 saturated heterocycles. The first kappa shape index (κ1) is 20.9. The highest BCUT2D eigenvalue weighted by Gasteiger charge is 2.41. The van der Waals surface area contributed by atoms with Crippen molar-refractivity contribution in [3.8, 4) is 33.8 Å². The normalized spacial score (nSPS) is 15.2. The van der Waals surface area contributed by atoms with Gasteiger partial charge in [0.25, 0.3) is 0 Å². The van der Waals surface area contributed by atoms with E-state index in [1.54, 1.807) is 14.2 Å². The maximum Gasteiger partial charge on any atom is 0.347 e. The van der Waals surface area contributed by atoms with Crippen LogP contribution in [0.1, 0.15) is 43.0 Å². The van der Waals surface area contributed by atoms with Crippen LogP contribution in [-0.4, -0.2) is 26.2 Å². The van der Waals surface area contributed by atoms with E-state index in [9.17, 15) is 9.59 Å². The number of methoxy groups -OCH3 is 2. The van der Waals surface area contributed by atoms with Gasteiger partial charge in [0, 0.05) is 0 Å². The first-order valence-electron chi connectivity index (χ1n) is 10.6. The molecule has 0 saturated carbocycles. The molecule has 0 radical (unpaired) electrons. The van der Waals surface area contributed by atoms with Gasteiger partial charge >= 0.3 is 11.9 Å². The third-order valence-electron chi connectivity index (χ3n) is 6.88.